The van der Waals surface area contributed by atoms with Gasteiger partial charge in [0, 0.05) is 19.6 Å². The lowest BCUT2D eigenvalue weighted by atomic mass is 9.96. The molecule has 2 saturated carbocycles. The van der Waals surface area contributed by atoms with Gasteiger partial charge >= 0.3 is 0 Å². The molecule has 3 nitrogen and oxygen atoms in total. The lowest BCUT2D eigenvalue weighted by molar-refractivity contribution is 0.488. The maximum Gasteiger partial charge on any atom is 0.191 e. The summed E-state index contributed by atoms with van der Waals surface area (Å²) < 4.78 is 0. The third-order valence-corrected chi connectivity index (χ3v) is 4.93. The van der Waals surface area contributed by atoms with Gasteiger partial charge in [-0.3, -0.25) is 4.99 Å². The number of aliphatic imine (C=N–C) groups is 1. The summed E-state index contributed by atoms with van der Waals surface area (Å²) >= 11 is 0. The van der Waals surface area contributed by atoms with Crippen LogP contribution in [0.25, 0.3) is 0 Å². The van der Waals surface area contributed by atoms with Crippen LogP contribution >= 0.6 is 0 Å². The lowest BCUT2D eigenvalue weighted by Gasteiger charge is -2.21. The van der Waals surface area contributed by atoms with Crippen LogP contribution in [0.2, 0.25) is 0 Å². The van der Waals surface area contributed by atoms with Gasteiger partial charge in [-0.1, -0.05) is 43.2 Å². The summed E-state index contributed by atoms with van der Waals surface area (Å²) in [5.41, 5.74) is 1.91. The Kier molecular flexibility index (Phi) is 4.47. The minimum atomic E-state index is 0.453. The third-order valence-electron chi connectivity index (χ3n) is 4.93. The summed E-state index contributed by atoms with van der Waals surface area (Å²) in [6, 6.07) is 11.5. The van der Waals surface area contributed by atoms with E-state index in [1.54, 1.807) is 0 Å². The zero-order chi connectivity index (χ0) is 14.5. The number of hydrogen-bond donors (Lipinski definition) is 2. The molecule has 1 aromatic carbocycles. The van der Waals surface area contributed by atoms with Gasteiger partial charge in [0.15, 0.2) is 5.96 Å². The monoisotopic (exact) mass is 285 g/mol. The molecule has 0 aliphatic heterocycles. The van der Waals surface area contributed by atoms with Crippen molar-refractivity contribution in [3.05, 3.63) is 35.9 Å². The van der Waals surface area contributed by atoms with Crippen molar-refractivity contribution in [1.82, 2.24) is 10.6 Å². The summed E-state index contributed by atoms with van der Waals surface area (Å²) in [5.74, 6) is 0.987. The molecule has 2 fully saturated rings. The van der Waals surface area contributed by atoms with Crippen molar-refractivity contribution in [1.29, 1.82) is 0 Å². The quantitative estimate of drug-likeness (QED) is 0.644. The van der Waals surface area contributed by atoms with Gasteiger partial charge in [0.05, 0.1) is 0 Å². The summed E-state index contributed by atoms with van der Waals surface area (Å²) in [7, 11) is 1.88. The molecule has 3 heteroatoms. The highest BCUT2D eigenvalue weighted by molar-refractivity contribution is 5.80. The molecule has 2 aliphatic carbocycles. The number of guanidine groups is 1. The molecular weight excluding hydrogens is 258 g/mol. The predicted molar refractivity (Wildman–Crippen MR) is 88.6 cm³/mol. The van der Waals surface area contributed by atoms with Crippen LogP contribution < -0.4 is 10.6 Å². The Balaban J connectivity index is 1.49. The van der Waals surface area contributed by atoms with Crippen molar-refractivity contribution in [3.8, 4) is 0 Å². The van der Waals surface area contributed by atoms with E-state index in [4.69, 9.17) is 0 Å². The highest BCUT2D eigenvalue weighted by Gasteiger charge is 2.42. The zero-order valence-corrected chi connectivity index (χ0v) is 13.1. The predicted octanol–water partition coefficient (Wildman–Crippen LogP) is 3.12. The molecule has 0 radical (unpaired) electrons. The standard InChI is InChI=1S/C18H27N3/c1-19-17(21-16-9-5-6-10-16)20-14-18(11-12-18)13-15-7-3-2-4-8-15/h2-4,7-8,16H,5-6,9-14H2,1H3,(H2,19,20,21). The fourth-order valence-corrected chi connectivity index (χ4v) is 3.35. The van der Waals surface area contributed by atoms with Gasteiger partial charge in [0.1, 0.15) is 0 Å². The van der Waals surface area contributed by atoms with Crippen LogP contribution in [-0.4, -0.2) is 25.6 Å². The minimum absolute atomic E-state index is 0.453. The number of rotatable bonds is 5. The van der Waals surface area contributed by atoms with E-state index in [0.717, 1.165) is 12.5 Å². The Morgan fingerprint density at radius 3 is 2.52 bits per heavy atom. The van der Waals surface area contributed by atoms with Crippen LogP contribution in [0.4, 0.5) is 0 Å². The second-order valence-electron chi connectivity index (χ2n) is 6.71. The Hall–Kier alpha value is -1.51. The molecule has 1 aromatic rings. The molecule has 2 aliphatic rings. The van der Waals surface area contributed by atoms with Crippen LogP contribution in [-0.2, 0) is 6.42 Å². The number of nitrogens with one attached hydrogen (secondary N) is 2. The third kappa shape index (κ3) is 3.99. The molecule has 0 heterocycles. The van der Waals surface area contributed by atoms with Crippen molar-refractivity contribution in [3.63, 3.8) is 0 Å². The van der Waals surface area contributed by atoms with E-state index < -0.39 is 0 Å². The van der Waals surface area contributed by atoms with Crippen molar-refractivity contribution in [2.24, 2.45) is 10.4 Å². The van der Waals surface area contributed by atoms with E-state index in [9.17, 15) is 0 Å². The summed E-state index contributed by atoms with van der Waals surface area (Å²) in [6.07, 6.45) is 9.12. The van der Waals surface area contributed by atoms with E-state index in [2.05, 4.69) is 46.0 Å². The van der Waals surface area contributed by atoms with Crippen molar-refractivity contribution >= 4 is 5.96 Å². The summed E-state index contributed by atoms with van der Waals surface area (Å²) in [5, 5.41) is 7.13. The Bertz CT molecular complexity index is 470. The molecule has 2 N–H and O–H groups in total. The number of nitrogens with zero attached hydrogens (tertiary/aromatic N) is 1. The summed E-state index contributed by atoms with van der Waals surface area (Å²) in [6.45, 7) is 1.04. The van der Waals surface area contributed by atoms with Crippen LogP contribution in [0.1, 0.15) is 44.1 Å². The number of benzene rings is 1. The fourth-order valence-electron chi connectivity index (χ4n) is 3.35. The van der Waals surface area contributed by atoms with Gasteiger partial charge in [-0.05, 0) is 43.1 Å². The van der Waals surface area contributed by atoms with Crippen molar-refractivity contribution in [2.75, 3.05) is 13.6 Å². The van der Waals surface area contributed by atoms with E-state index in [-0.39, 0.29) is 0 Å². The first-order valence-corrected chi connectivity index (χ1v) is 8.31. The smallest absolute Gasteiger partial charge is 0.191 e. The molecule has 0 amide bonds. The summed E-state index contributed by atoms with van der Waals surface area (Å²) in [4.78, 5) is 4.38. The van der Waals surface area contributed by atoms with Crippen LogP contribution in [0.3, 0.4) is 0 Å². The first kappa shape index (κ1) is 14.4. The van der Waals surface area contributed by atoms with Crippen LogP contribution in [0.15, 0.2) is 35.3 Å². The zero-order valence-electron chi connectivity index (χ0n) is 13.1. The highest BCUT2D eigenvalue weighted by Crippen LogP contribution is 2.47. The van der Waals surface area contributed by atoms with Crippen molar-refractivity contribution in [2.45, 2.75) is 51.0 Å². The molecule has 0 bridgehead atoms. The maximum absolute atomic E-state index is 4.38. The first-order valence-electron chi connectivity index (χ1n) is 8.31. The van der Waals surface area contributed by atoms with E-state index >= 15 is 0 Å². The second-order valence-corrected chi connectivity index (χ2v) is 6.71. The van der Waals surface area contributed by atoms with Crippen LogP contribution in [0.5, 0.6) is 0 Å². The SMILES string of the molecule is CN=C(NCC1(Cc2ccccc2)CC1)NC1CCCC1. The Labute approximate surface area is 128 Å². The van der Waals surface area contributed by atoms with Gasteiger partial charge < -0.3 is 10.6 Å². The van der Waals surface area contributed by atoms with Gasteiger partial charge in [0.25, 0.3) is 0 Å². The van der Waals surface area contributed by atoms with E-state index in [1.165, 1.54) is 50.5 Å². The lowest BCUT2D eigenvalue weighted by Crippen LogP contribution is -2.44. The van der Waals surface area contributed by atoms with Gasteiger partial charge in [0.2, 0.25) is 0 Å². The molecule has 114 valence electrons. The van der Waals surface area contributed by atoms with E-state index in [1.807, 2.05) is 7.05 Å². The molecule has 0 aromatic heterocycles. The van der Waals surface area contributed by atoms with Gasteiger partial charge in [-0.15, -0.1) is 0 Å². The molecule has 0 spiro atoms. The second kappa shape index (κ2) is 6.50. The molecule has 0 saturated heterocycles. The van der Waals surface area contributed by atoms with Crippen molar-refractivity contribution < 1.29 is 0 Å². The Morgan fingerprint density at radius 1 is 1.19 bits per heavy atom. The van der Waals surface area contributed by atoms with Crippen LogP contribution in [0, 0.1) is 5.41 Å². The highest BCUT2D eigenvalue weighted by atomic mass is 15.2. The molecular formula is C18H27N3. The molecule has 0 unspecified atom stereocenters. The molecule has 0 atom stereocenters. The average Bonchev–Trinajstić information content (AvgIpc) is 3.08. The fraction of sp³-hybridized carbons (Fsp3) is 0.611. The molecule has 3 rings (SSSR count). The Morgan fingerprint density at radius 2 is 1.90 bits per heavy atom. The normalized spacial score (nSPS) is 21.3. The van der Waals surface area contributed by atoms with Gasteiger partial charge in [-0.25, -0.2) is 0 Å². The first-order chi connectivity index (χ1) is 10.3. The molecule has 21 heavy (non-hydrogen) atoms. The maximum atomic E-state index is 4.38. The number of hydrogen-bond acceptors (Lipinski definition) is 1. The van der Waals surface area contributed by atoms with Gasteiger partial charge in [-0.2, -0.15) is 0 Å². The minimum Gasteiger partial charge on any atom is -0.356 e. The topological polar surface area (TPSA) is 36.4 Å². The average molecular weight is 285 g/mol. The van der Waals surface area contributed by atoms with E-state index in [0.29, 0.717) is 11.5 Å². The largest absolute Gasteiger partial charge is 0.356 e.